The molecule has 32 heavy (non-hydrogen) atoms. The lowest BCUT2D eigenvalue weighted by Crippen LogP contribution is -2.40. The van der Waals surface area contributed by atoms with E-state index in [0.717, 1.165) is 21.4 Å². The van der Waals surface area contributed by atoms with Crippen molar-refractivity contribution < 1.29 is 22.4 Å². The van der Waals surface area contributed by atoms with Crippen LogP contribution in [0.1, 0.15) is 15.9 Å². The lowest BCUT2D eigenvalue weighted by atomic mass is 10.1. The van der Waals surface area contributed by atoms with Gasteiger partial charge in [-0.05, 0) is 42.3 Å². The Morgan fingerprint density at radius 3 is 2.56 bits per heavy atom. The Kier molecular flexibility index (Phi) is 5.89. The van der Waals surface area contributed by atoms with E-state index in [-0.39, 0.29) is 24.2 Å². The summed E-state index contributed by atoms with van der Waals surface area (Å²) in [5.74, 6) is -1.32. The molecule has 0 radical (unpaired) electrons. The number of aromatic amines is 1. The van der Waals surface area contributed by atoms with Crippen LogP contribution >= 0.6 is 0 Å². The van der Waals surface area contributed by atoms with Gasteiger partial charge in [-0.2, -0.15) is 13.2 Å². The molecule has 0 unspecified atom stereocenters. The maximum atomic E-state index is 13.3. The van der Waals surface area contributed by atoms with Crippen LogP contribution in [0.2, 0.25) is 0 Å². The van der Waals surface area contributed by atoms with Gasteiger partial charge in [-0.3, -0.25) is 4.79 Å². The van der Waals surface area contributed by atoms with Crippen LogP contribution in [0.5, 0.6) is 0 Å². The Balaban J connectivity index is 1.63. The summed E-state index contributed by atoms with van der Waals surface area (Å²) in [5, 5.41) is 0.891. The first kappa shape index (κ1) is 21.5. The molecule has 0 bridgehead atoms. The molecule has 0 saturated heterocycles. The number of halogens is 4. The Labute approximate surface area is 180 Å². The van der Waals surface area contributed by atoms with Gasteiger partial charge in [0.05, 0.1) is 11.3 Å². The van der Waals surface area contributed by atoms with Crippen LogP contribution in [-0.4, -0.2) is 45.0 Å². The largest absolute Gasteiger partial charge is 0.406 e. The predicted molar refractivity (Wildman–Crippen MR) is 111 cm³/mol. The summed E-state index contributed by atoms with van der Waals surface area (Å²) >= 11 is 0. The minimum Gasteiger partial charge on any atom is -0.361 e. The molecule has 2 aromatic carbocycles. The number of nitrogens with one attached hydrogen (secondary N) is 1. The van der Waals surface area contributed by atoms with E-state index in [4.69, 9.17) is 0 Å². The topological polar surface area (TPSA) is 61.9 Å². The van der Waals surface area contributed by atoms with Crippen molar-refractivity contribution in [2.24, 2.45) is 0 Å². The van der Waals surface area contributed by atoms with Gasteiger partial charge in [0.2, 0.25) is 0 Å². The quantitative estimate of drug-likeness (QED) is 0.427. The molecule has 0 saturated carbocycles. The molecule has 1 amide bonds. The van der Waals surface area contributed by atoms with Gasteiger partial charge in [0.25, 0.3) is 5.91 Å². The van der Waals surface area contributed by atoms with Gasteiger partial charge in [0.1, 0.15) is 18.7 Å². The maximum absolute atomic E-state index is 13.3. The van der Waals surface area contributed by atoms with Crippen LogP contribution < -0.4 is 0 Å². The number of nitrogens with zero attached hydrogens (tertiary/aromatic N) is 3. The lowest BCUT2D eigenvalue weighted by molar-refractivity contribution is -0.140. The summed E-state index contributed by atoms with van der Waals surface area (Å²) in [6.07, 6.45) is -0.248. The highest BCUT2D eigenvalue weighted by molar-refractivity contribution is 5.99. The van der Waals surface area contributed by atoms with Crippen molar-refractivity contribution in [3.8, 4) is 11.3 Å². The van der Waals surface area contributed by atoms with Crippen molar-refractivity contribution in [1.29, 1.82) is 0 Å². The first-order chi connectivity index (χ1) is 15.3. The Bertz CT molecular complexity index is 1230. The maximum Gasteiger partial charge on any atom is 0.406 e. The number of aromatic nitrogens is 3. The third-order valence-electron chi connectivity index (χ3n) is 5.04. The second kappa shape index (κ2) is 8.78. The van der Waals surface area contributed by atoms with Crippen LogP contribution in [0.25, 0.3) is 22.2 Å². The third kappa shape index (κ3) is 4.77. The predicted octanol–water partition coefficient (Wildman–Crippen LogP) is 5.01. The molecule has 2 heterocycles. The van der Waals surface area contributed by atoms with E-state index in [0.29, 0.717) is 5.56 Å². The number of H-pyrrole nitrogens is 1. The lowest BCUT2D eigenvalue weighted by Gasteiger charge is -2.24. The number of carbonyl (C=O) groups is 1. The standard InChI is InChI=1S/C23H18F4N4O/c24-17-7-5-15(6-8-17)21-19(12-28-14-30-21)22(32)31(13-23(25,26)27)10-9-16-11-29-20-4-2-1-3-18(16)20/h1-8,11-12,14,29H,9-10,13H2. The fraction of sp³-hybridized carbons (Fsp3) is 0.174. The molecule has 9 heteroatoms. The molecule has 1 N–H and O–H groups in total. The molecule has 0 aliphatic rings. The number of rotatable bonds is 6. The Hall–Kier alpha value is -3.75. The van der Waals surface area contributed by atoms with Gasteiger partial charge in [0, 0.05) is 35.4 Å². The number of fused-ring (bicyclic) bond motifs is 1. The summed E-state index contributed by atoms with van der Waals surface area (Å²) in [6, 6.07) is 12.6. The first-order valence-electron chi connectivity index (χ1n) is 9.79. The van der Waals surface area contributed by atoms with Gasteiger partial charge in [0.15, 0.2) is 0 Å². The monoisotopic (exact) mass is 442 g/mol. The van der Waals surface area contributed by atoms with Gasteiger partial charge >= 0.3 is 6.18 Å². The second-order valence-corrected chi connectivity index (χ2v) is 7.24. The zero-order chi connectivity index (χ0) is 22.7. The normalized spacial score (nSPS) is 11.6. The average Bonchev–Trinajstić information content (AvgIpc) is 3.19. The smallest absolute Gasteiger partial charge is 0.361 e. The molecule has 0 spiro atoms. The summed E-state index contributed by atoms with van der Waals surface area (Å²) in [5.41, 5.74) is 2.14. The number of benzene rings is 2. The van der Waals surface area contributed by atoms with Crippen LogP contribution in [-0.2, 0) is 6.42 Å². The molecule has 0 atom stereocenters. The van der Waals surface area contributed by atoms with Gasteiger partial charge in [-0.25, -0.2) is 14.4 Å². The number of carbonyl (C=O) groups excluding carboxylic acids is 1. The van der Waals surface area contributed by atoms with E-state index in [1.54, 1.807) is 6.20 Å². The second-order valence-electron chi connectivity index (χ2n) is 7.24. The molecular weight excluding hydrogens is 424 g/mol. The highest BCUT2D eigenvalue weighted by atomic mass is 19.4. The van der Waals surface area contributed by atoms with E-state index in [1.165, 1.54) is 36.8 Å². The highest BCUT2D eigenvalue weighted by Crippen LogP contribution is 2.25. The molecule has 0 aliphatic heterocycles. The molecule has 4 aromatic rings. The van der Waals surface area contributed by atoms with E-state index < -0.39 is 24.4 Å². The highest BCUT2D eigenvalue weighted by Gasteiger charge is 2.34. The number of hydrogen-bond acceptors (Lipinski definition) is 3. The van der Waals surface area contributed by atoms with E-state index in [1.807, 2.05) is 24.3 Å². The van der Waals surface area contributed by atoms with Crippen molar-refractivity contribution in [1.82, 2.24) is 19.9 Å². The summed E-state index contributed by atoms with van der Waals surface area (Å²) in [7, 11) is 0. The molecule has 0 fully saturated rings. The third-order valence-corrected chi connectivity index (χ3v) is 5.04. The zero-order valence-corrected chi connectivity index (χ0v) is 16.7. The van der Waals surface area contributed by atoms with Crippen molar-refractivity contribution in [2.45, 2.75) is 12.6 Å². The van der Waals surface area contributed by atoms with Crippen molar-refractivity contribution in [2.75, 3.05) is 13.1 Å². The summed E-state index contributed by atoms with van der Waals surface area (Å²) < 4.78 is 53.2. The molecular formula is C23H18F4N4O. The molecule has 164 valence electrons. The van der Waals surface area contributed by atoms with Crippen molar-refractivity contribution in [3.05, 3.63) is 84.2 Å². The number of amides is 1. The van der Waals surface area contributed by atoms with E-state index >= 15 is 0 Å². The first-order valence-corrected chi connectivity index (χ1v) is 9.79. The fourth-order valence-corrected chi connectivity index (χ4v) is 3.56. The van der Waals surface area contributed by atoms with Crippen LogP contribution in [0.15, 0.2) is 67.3 Å². The van der Waals surface area contributed by atoms with Crippen LogP contribution in [0, 0.1) is 5.82 Å². The van der Waals surface area contributed by atoms with Gasteiger partial charge < -0.3 is 9.88 Å². The number of hydrogen-bond donors (Lipinski definition) is 1. The van der Waals surface area contributed by atoms with Crippen LogP contribution in [0.3, 0.4) is 0 Å². The number of alkyl halides is 3. The van der Waals surface area contributed by atoms with E-state index in [9.17, 15) is 22.4 Å². The fourth-order valence-electron chi connectivity index (χ4n) is 3.56. The Morgan fingerprint density at radius 2 is 1.81 bits per heavy atom. The summed E-state index contributed by atoms with van der Waals surface area (Å²) in [4.78, 5) is 24.9. The molecule has 0 aliphatic carbocycles. The minimum absolute atomic E-state index is 0.0812. The Morgan fingerprint density at radius 1 is 1.06 bits per heavy atom. The SMILES string of the molecule is O=C(c1cncnc1-c1ccc(F)cc1)N(CCc1c[nH]c2ccccc12)CC(F)(F)F. The van der Waals surface area contributed by atoms with Crippen molar-refractivity contribution in [3.63, 3.8) is 0 Å². The van der Waals surface area contributed by atoms with Crippen molar-refractivity contribution >= 4 is 16.8 Å². The zero-order valence-electron chi connectivity index (χ0n) is 16.7. The molecule has 2 aromatic heterocycles. The summed E-state index contributed by atoms with van der Waals surface area (Å²) in [6.45, 7) is -1.57. The minimum atomic E-state index is -4.58. The van der Waals surface area contributed by atoms with E-state index in [2.05, 4.69) is 15.0 Å². The molecule has 4 rings (SSSR count). The van der Waals surface area contributed by atoms with Gasteiger partial charge in [-0.15, -0.1) is 0 Å². The van der Waals surface area contributed by atoms with Gasteiger partial charge in [-0.1, -0.05) is 18.2 Å². The van der Waals surface area contributed by atoms with Crippen LogP contribution in [0.4, 0.5) is 17.6 Å². The number of para-hydroxylation sites is 1. The molecule has 5 nitrogen and oxygen atoms in total. The average molecular weight is 442 g/mol.